The third kappa shape index (κ3) is 4.73. The highest BCUT2D eigenvalue weighted by atomic mass is 35.5. The largest absolute Gasteiger partial charge is 0.348 e. The molecule has 0 aromatic heterocycles. The summed E-state index contributed by atoms with van der Waals surface area (Å²) in [4.78, 5) is 24.9. The minimum atomic E-state index is -0.106. The fraction of sp³-hybridized carbons (Fsp3) is 0.375. The van der Waals surface area contributed by atoms with Crippen molar-refractivity contribution in [3.8, 4) is 0 Å². The number of thioether (sulfide) groups is 1. The third-order valence-corrected chi connectivity index (χ3v) is 4.81. The van der Waals surface area contributed by atoms with Gasteiger partial charge in [0.05, 0.1) is 5.69 Å². The van der Waals surface area contributed by atoms with Crippen LogP contribution in [0.4, 0.5) is 5.69 Å². The molecule has 0 fully saturated rings. The summed E-state index contributed by atoms with van der Waals surface area (Å²) >= 11 is 1.64. The van der Waals surface area contributed by atoms with Gasteiger partial charge in [-0.3, -0.25) is 9.59 Å². The Balaban J connectivity index is 0.00000192. The molecule has 124 valence electrons. The van der Waals surface area contributed by atoms with Crippen LogP contribution in [0.5, 0.6) is 0 Å². The van der Waals surface area contributed by atoms with E-state index in [9.17, 15) is 9.59 Å². The van der Waals surface area contributed by atoms with Crippen LogP contribution < -0.4 is 16.0 Å². The molecule has 7 heteroatoms. The van der Waals surface area contributed by atoms with Crippen LogP contribution in [0.3, 0.4) is 0 Å². The average Bonchev–Trinajstić information content (AvgIpc) is 2.73. The first-order valence-corrected chi connectivity index (χ1v) is 8.44. The molecule has 0 unspecified atom stereocenters. The van der Waals surface area contributed by atoms with Crippen LogP contribution in [0.1, 0.15) is 23.2 Å². The number of anilines is 1. The zero-order chi connectivity index (χ0) is 15.4. The van der Waals surface area contributed by atoms with E-state index in [-0.39, 0.29) is 24.2 Å². The molecule has 0 aliphatic carbocycles. The Hall–Kier alpha value is -1.50. The van der Waals surface area contributed by atoms with Gasteiger partial charge in [0.2, 0.25) is 5.91 Å². The molecule has 2 amide bonds. The van der Waals surface area contributed by atoms with E-state index in [2.05, 4.69) is 22.0 Å². The van der Waals surface area contributed by atoms with Gasteiger partial charge in [0.15, 0.2) is 0 Å². The highest BCUT2D eigenvalue weighted by Gasteiger charge is 2.16. The predicted octanol–water partition coefficient (Wildman–Crippen LogP) is 2.19. The number of carbonyl (C=O) groups excluding carboxylic acids is 2. The second-order valence-corrected chi connectivity index (χ2v) is 6.49. The molecule has 0 radical (unpaired) electrons. The van der Waals surface area contributed by atoms with Crippen molar-refractivity contribution in [1.82, 2.24) is 10.6 Å². The first kappa shape index (κ1) is 17.8. The number of hydrogen-bond donors (Lipinski definition) is 3. The Labute approximate surface area is 146 Å². The van der Waals surface area contributed by atoms with E-state index in [4.69, 9.17) is 0 Å². The molecule has 2 aliphatic rings. The summed E-state index contributed by atoms with van der Waals surface area (Å²) in [6, 6.07) is 5.48. The Bertz CT molecular complexity index is 634. The minimum Gasteiger partial charge on any atom is -0.348 e. The molecular weight excluding hydrogens is 334 g/mol. The molecular formula is C16H20ClN3O2S. The minimum absolute atomic E-state index is 0. The Morgan fingerprint density at radius 1 is 1.30 bits per heavy atom. The predicted molar refractivity (Wildman–Crippen MR) is 95.6 cm³/mol. The quantitative estimate of drug-likeness (QED) is 0.728. The molecule has 0 spiro atoms. The van der Waals surface area contributed by atoms with Crippen LogP contribution >= 0.6 is 24.2 Å². The average molecular weight is 354 g/mol. The van der Waals surface area contributed by atoms with Gasteiger partial charge in [-0.15, -0.1) is 24.2 Å². The lowest BCUT2D eigenvalue weighted by Crippen LogP contribution is -2.29. The van der Waals surface area contributed by atoms with Gasteiger partial charge in [0.1, 0.15) is 0 Å². The molecule has 0 bridgehead atoms. The summed E-state index contributed by atoms with van der Waals surface area (Å²) in [5, 5.41) is 9.06. The number of nitrogens with one attached hydrogen (secondary N) is 3. The van der Waals surface area contributed by atoms with Gasteiger partial charge in [-0.05, 0) is 31.2 Å². The number of halogens is 1. The van der Waals surface area contributed by atoms with Crippen molar-refractivity contribution in [3.05, 3.63) is 35.4 Å². The molecule has 3 N–H and O–H groups in total. The van der Waals surface area contributed by atoms with Crippen molar-refractivity contribution in [2.24, 2.45) is 0 Å². The summed E-state index contributed by atoms with van der Waals surface area (Å²) < 4.78 is 0. The zero-order valence-electron chi connectivity index (χ0n) is 12.7. The Morgan fingerprint density at radius 3 is 2.96 bits per heavy atom. The van der Waals surface area contributed by atoms with Gasteiger partial charge in [-0.1, -0.05) is 11.6 Å². The molecule has 0 saturated carbocycles. The smallest absolute Gasteiger partial charge is 0.251 e. The van der Waals surface area contributed by atoms with E-state index in [1.165, 1.54) is 5.57 Å². The summed E-state index contributed by atoms with van der Waals surface area (Å²) in [6.45, 7) is 2.41. The van der Waals surface area contributed by atoms with Crippen LogP contribution in [0, 0.1) is 0 Å². The maximum absolute atomic E-state index is 12.3. The maximum atomic E-state index is 12.3. The first-order valence-electron chi connectivity index (χ1n) is 7.46. The second kappa shape index (κ2) is 8.38. The van der Waals surface area contributed by atoms with Crippen LogP contribution in [-0.4, -0.2) is 37.2 Å². The second-order valence-electron chi connectivity index (χ2n) is 5.36. The maximum Gasteiger partial charge on any atom is 0.251 e. The molecule has 2 aliphatic heterocycles. The van der Waals surface area contributed by atoms with Crippen molar-refractivity contribution in [2.75, 3.05) is 30.7 Å². The SMILES string of the molecule is Cl.O=C1CCSc2ccc(C(=O)NCC3=CCNCC3)cc2N1. The van der Waals surface area contributed by atoms with Gasteiger partial charge in [0, 0.05) is 35.7 Å². The normalized spacial score (nSPS) is 17.0. The third-order valence-electron chi connectivity index (χ3n) is 3.74. The molecule has 1 aromatic rings. The van der Waals surface area contributed by atoms with Gasteiger partial charge in [0.25, 0.3) is 5.91 Å². The van der Waals surface area contributed by atoms with Gasteiger partial charge in [-0.25, -0.2) is 0 Å². The summed E-state index contributed by atoms with van der Waals surface area (Å²) in [5.41, 5.74) is 2.57. The Kier molecular flexibility index (Phi) is 6.50. The molecule has 5 nitrogen and oxygen atoms in total. The number of amides is 2. The topological polar surface area (TPSA) is 70.2 Å². The molecule has 23 heavy (non-hydrogen) atoms. The molecule has 3 rings (SSSR count). The van der Waals surface area contributed by atoms with Gasteiger partial charge < -0.3 is 16.0 Å². The van der Waals surface area contributed by atoms with Gasteiger partial charge in [-0.2, -0.15) is 0 Å². The highest BCUT2D eigenvalue weighted by Crippen LogP contribution is 2.31. The van der Waals surface area contributed by atoms with Crippen LogP contribution in [0.2, 0.25) is 0 Å². The lowest BCUT2D eigenvalue weighted by molar-refractivity contribution is -0.115. The van der Waals surface area contributed by atoms with E-state index in [0.717, 1.165) is 35.8 Å². The lowest BCUT2D eigenvalue weighted by atomic mass is 10.1. The standard InChI is InChI=1S/C16H19N3O2S.ClH/c20-15-5-8-22-14-2-1-12(9-13(14)19-15)16(21)18-10-11-3-6-17-7-4-11;/h1-3,9,17H,4-8,10H2,(H,18,21)(H,19,20);1H. The number of hydrogen-bond acceptors (Lipinski definition) is 4. The van der Waals surface area contributed by atoms with Crippen LogP contribution in [-0.2, 0) is 4.79 Å². The monoisotopic (exact) mass is 353 g/mol. The van der Waals surface area contributed by atoms with E-state index in [1.807, 2.05) is 12.1 Å². The first-order chi connectivity index (χ1) is 10.7. The number of benzene rings is 1. The summed E-state index contributed by atoms with van der Waals surface area (Å²) in [6.07, 6.45) is 3.60. The van der Waals surface area contributed by atoms with Crippen molar-refractivity contribution in [2.45, 2.75) is 17.7 Å². The van der Waals surface area contributed by atoms with Crippen molar-refractivity contribution < 1.29 is 9.59 Å². The van der Waals surface area contributed by atoms with E-state index in [0.29, 0.717) is 18.5 Å². The zero-order valence-corrected chi connectivity index (χ0v) is 14.3. The van der Waals surface area contributed by atoms with Crippen molar-refractivity contribution in [1.29, 1.82) is 0 Å². The van der Waals surface area contributed by atoms with Crippen molar-refractivity contribution in [3.63, 3.8) is 0 Å². The van der Waals surface area contributed by atoms with Crippen LogP contribution in [0.25, 0.3) is 0 Å². The summed E-state index contributed by atoms with van der Waals surface area (Å²) in [7, 11) is 0. The van der Waals surface area contributed by atoms with Crippen molar-refractivity contribution >= 4 is 41.7 Å². The number of rotatable bonds is 3. The lowest BCUT2D eigenvalue weighted by Gasteiger charge is -2.15. The number of fused-ring (bicyclic) bond motifs is 1. The summed E-state index contributed by atoms with van der Waals surface area (Å²) in [5.74, 6) is 0.668. The number of carbonyl (C=O) groups is 2. The van der Waals surface area contributed by atoms with E-state index < -0.39 is 0 Å². The van der Waals surface area contributed by atoms with Crippen LogP contribution in [0.15, 0.2) is 34.7 Å². The van der Waals surface area contributed by atoms with E-state index in [1.54, 1.807) is 17.8 Å². The Morgan fingerprint density at radius 2 is 2.17 bits per heavy atom. The molecule has 1 aromatic carbocycles. The molecule has 0 saturated heterocycles. The molecule has 2 heterocycles. The van der Waals surface area contributed by atoms with E-state index >= 15 is 0 Å². The van der Waals surface area contributed by atoms with Gasteiger partial charge >= 0.3 is 0 Å². The fourth-order valence-electron chi connectivity index (χ4n) is 2.49. The highest BCUT2D eigenvalue weighted by molar-refractivity contribution is 7.99. The molecule has 0 atom stereocenters. The fourth-order valence-corrected chi connectivity index (χ4v) is 3.42.